The smallest absolute Gasteiger partial charge is 0.211 e. The molecule has 0 radical (unpaired) electrons. The van der Waals surface area contributed by atoms with Crippen LogP contribution in [0.3, 0.4) is 0 Å². The molecule has 0 aliphatic heterocycles. The molecule has 0 amide bonds. The summed E-state index contributed by atoms with van der Waals surface area (Å²) in [6.07, 6.45) is 0. The van der Waals surface area contributed by atoms with Crippen LogP contribution in [0.5, 0.6) is 0 Å². The van der Waals surface area contributed by atoms with E-state index >= 15 is 0 Å². The number of hydrogen-bond donors (Lipinski definition) is 2. The number of rotatable bonds is 5. The number of nitrogens with one attached hydrogen (secondary N) is 1. The van der Waals surface area contributed by atoms with Gasteiger partial charge in [0.2, 0.25) is 10.0 Å². The van der Waals surface area contributed by atoms with Crippen LogP contribution < -0.4 is 10.5 Å². The predicted octanol–water partition coefficient (Wildman–Crippen LogP) is -0.0910. The summed E-state index contributed by atoms with van der Waals surface area (Å²) in [5.41, 5.74) is 5.41. The zero-order valence-corrected chi connectivity index (χ0v) is 8.69. The fourth-order valence-corrected chi connectivity index (χ4v) is 1.77. The molecule has 12 heavy (non-hydrogen) atoms. The zero-order valence-electron chi connectivity index (χ0n) is 7.87. The standard InChI is InChI=1S/C7H18N2O2S/c1-4-12(10,11)9-7(5-8)6(2)3/h6-7,9H,4-5,8H2,1-3H3. The normalized spacial score (nSPS) is 15.1. The van der Waals surface area contributed by atoms with E-state index in [2.05, 4.69) is 4.72 Å². The third-order valence-electron chi connectivity index (χ3n) is 1.77. The van der Waals surface area contributed by atoms with E-state index in [1.165, 1.54) is 0 Å². The second-order valence-corrected chi connectivity index (χ2v) is 5.15. The molecular formula is C7H18N2O2S. The SMILES string of the molecule is CCS(=O)(=O)NC(CN)C(C)C. The highest BCUT2D eigenvalue weighted by atomic mass is 32.2. The summed E-state index contributed by atoms with van der Waals surface area (Å²) in [7, 11) is -3.11. The molecule has 4 nitrogen and oxygen atoms in total. The quantitative estimate of drug-likeness (QED) is 0.642. The summed E-state index contributed by atoms with van der Waals surface area (Å²) in [5.74, 6) is 0.340. The summed E-state index contributed by atoms with van der Waals surface area (Å²) in [6.45, 7) is 5.83. The molecule has 0 aromatic rings. The molecule has 0 fully saturated rings. The molecule has 0 spiro atoms. The molecule has 0 heterocycles. The highest BCUT2D eigenvalue weighted by Gasteiger charge is 2.17. The zero-order chi connectivity index (χ0) is 9.78. The summed E-state index contributed by atoms with van der Waals surface area (Å²) in [6, 6.07) is -0.144. The van der Waals surface area contributed by atoms with Crippen molar-refractivity contribution in [2.24, 2.45) is 11.7 Å². The van der Waals surface area contributed by atoms with E-state index in [9.17, 15) is 8.42 Å². The Balaban J connectivity index is 4.22. The maximum atomic E-state index is 11.1. The Bertz CT molecular complexity index is 211. The largest absolute Gasteiger partial charge is 0.329 e. The van der Waals surface area contributed by atoms with E-state index in [-0.39, 0.29) is 17.7 Å². The van der Waals surface area contributed by atoms with Gasteiger partial charge in [-0.2, -0.15) is 0 Å². The van der Waals surface area contributed by atoms with Crippen LogP contribution in [0, 0.1) is 5.92 Å². The van der Waals surface area contributed by atoms with E-state index in [0.29, 0.717) is 6.54 Å². The fourth-order valence-electron chi connectivity index (χ4n) is 0.770. The molecule has 1 atom stereocenters. The van der Waals surface area contributed by atoms with Crippen molar-refractivity contribution in [3.8, 4) is 0 Å². The number of sulfonamides is 1. The van der Waals surface area contributed by atoms with Crippen molar-refractivity contribution in [1.29, 1.82) is 0 Å². The minimum Gasteiger partial charge on any atom is -0.329 e. The van der Waals surface area contributed by atoms with Gasteiger partial charge in [0.05, 0.1) is 5.75 Å². The topological polar surface area (TPSA) is 72.2 Å². The first-order chi connectivity index (χ1) is 5.43. The maximum Gasteiger partial charge on any atom is 0.211 e. The van der Waals surface area contributed by atoms with Gasteiger partial charge in [0, 0.05) is 12.6 Å². The molecular weight excluding hydrogens is 176 g/mol. The predicted molar refractivity (Wildman–Crippen MR) is 50.3 cm³/mol. The lowest BCUT2D eigenvalue weighted by Gasteiger charge is -2.19. The Hall–Kier alpha value is -0.130. The monoisotopic (exact) mass is 194 g/mol. The molecule has 3 N–H and O–H groups in total. The van der Waals surface area contributed by atoms with Crippen molar-refractivity contribution in [3.05, 3.63) is 0 Å². The lowest BCUT2D eigenvalue weighted by Crippen LogP contribution is -2.44. The van der Waals surface area contributed by atoms with Gasteiger partial charge >= 0.3 is 0 Å². The molecule has 0 bridgehead atoms. The van der Waals surface area contributed by atoms with E-state index in [4.69, 9.17) is 5.73 Å². The third kappa shape index (κ3) is 4.04. The van der Waals surface area contributed by atoms with E-state index in [1.807, 2.05) is 13.8 Å². The van der Waals surface area contributed by atoms with Gasteiger partial charge < -0.3 is 5.73 Å². The molecule has 0 saturated heterocycles. The molecule has 0 aliphatic rings. The average molecular weight is 194 g/mol. The summed E-state index contributed by atoms with van der Waals surface area (Å²) in [5, 5.41) is 0. The van der Waals surface area contributed by atoms with Crippen molar-refractivity contribution in [3.63, 3.8) is 0 Å². The van der Waals surface area contributed by atoms with Gasteiger partial charge in [-0.3, -0.25) is 0 Å². The average Bonchev–Trinajstić information content (AvgIpc) is 2.00. The Kier molecular flexibility index (Phi) is 4.74. The fraction of sp³-hybridized carbons (Fsp3) is 1.00. The van der Waals surface area contributed by atoms with Gasteiger partial charge in [0.25, 0.3) is 0 Å². The van der Waals surface area contributed by atoms with Crippen molar-refractivity contribution in [2.45, 2.75) is 26.8 Å². The van der Waals surface area contributed by atoms with Gasteiger partial charge in [-0.05, 0) is 12.8 Å². The second-order valence-electron chi connectivity index (χ2n) is 3.11. The van der Waals surface area contributed by atoms with Crippen LogP contribution in [0.4, 0.5) is 0 Å². The van der Waals surface area contributed by atoms with Gasteiger partial charge in [-0.15, -0.1) is 0 Å². The van der Waals surface area contributed by atoms with Gasteiger partial charge in [-0.1, -0.05) is 13.8 Å². The molecule has 0 aromatic heterocycles. The molecule has 1 unspecified atom stereocenters. The number of hydrogen-bond acceptors (Lipinski definition) is 3. The van der Waals surface area contributed by atoms with Crippen LogP contribution in [-0.4, -0.2) is 26.8 Å². The Morgan fingerprint density at radius 1 is 1.42 bits per heavy atom. The first-order valence-electron chi connectivity index (χ1n) is 4.13. The highest BCUT2D eigenvalue weighted by Crippen LogP contribution is 2.01. The molecule has 0 aromatic carbocycles. The van der Waals surface area contributed by atoms with Crippen molar-refractivity contribution in [1.82, 2.24) is 4.72 Å². The van der Waals surface area contributed by atoms with Crippen LogP contribution in [0.25, 0.3) is 0 Å². The van der Waals surface area contributed by atoms with Crippen LogP contribution in [0.15, 0.2) is 0 Å². The Labute approximate surface area is 74.6 Å². The molecule has 0 saturated carbocycles. The molecule has 5 heteroatoms. The van der Waals surface area contributed by atoms with Crippen LogP contribution in [0.1, 0.15) is 20.8 Å². The molecule has 0 aliphatic carbocycles. The molecule has 74 valence electrons. The lowest BCUT2D eigenvalue weighted by atomic mass is 10.1. The van der Waals surface area contributed by atoms with Gasteiger partial charge in [0.1, 0.15) is 0 Å². The van der Waals surface area contributed by atoms with Gasteiger partial charge in [0.15, 0.2) is 0 Å². The van der Waals surface area contributed by atoms with Crippen molar-refractivity contribution in [2.75, 3.05) is 12.3 Å². The second kappa shape index (κ2) is 4.79. The Morgan fingerprint density at radius 2 is 1.92 bits per heavy atom. The van der Waals surface area contributed by atoms with Crippen LogP contribution >= 0.6 is 0 Å². The van der Waals surface area contributed by atoms with Crippen molar-refractivity contribution >= 4 is 10.0 Å². The van der Waals surface area contributed by atoms with Crippen molar-refractivity contribution < 1.29 is 8.42 Å². The van der Waals surface area contributed by atoms with Crippen LogP contribution in [0.2, 0.25) is 0 Å². The third-order valence-corrected chi connectivity index (χ3v) is 3.19. The summed E-state index contributed by atoms with van der Waals surface area (Å²) >= 11 is 0. The summed E-state index contributed by atoms with van der Waals surface area (Å²) in [4.78, 5) is 0. The van der Waals surface area contributed by atoms with Gasteiger partial charge in [-0.25, -0.2) is 13.1 Å². The minimum atomic E-state index is -3.11. The van der Waals surface area contributed by atoms with E-state index in [0.717, 1.165) is 0 Å². The maximum absolute atomic E-state index is 11.1. The minimum absolute atomic E-state index is 0.107. The highest BCUT2D eigenvalue weighted by molar-refractivity contribution is 7.89. The number of nitrogens with two attached hydrogens (primary N) is 1. The summed E-state index contributed by atoms with van der Waals surface area (Å²) < 4.78 is 24.8. The van der Waals surface area contributed by atoms with Crippen LogP contribution in [-0.2, 0) is 10.0 Å². The lowest BCUT2D eigenvalue weighted by molar-refractivity contribution is 0.455. The first-order valence-corrected chi connectivity index (χ1v) is 5.78. The molecule has 0 rings (SSSR count). The Morgan fingerprint density at radius 3 is 2.17 bits per heavy atom. The van der Waals surface area contributed by atoms with E-state index in [1.54, 1.807) is 6.92 Å². The first kappa shape index (κ1) is 11.9. The van der Waals surface area contributed by atoms with E-state index < -0.39 is 10.0 Å².